The van der Waals surface area contributed by atoms with Crippen LogP contribution in [0.2, 0.25) is 0 Å². The van der Waals surface area contributed by atoms with Crippen LogP contribution in [0.25, 0.3) is 0 Å². The smallest absolute Gasteiger partial charge is 0 e. The Bertz CT molecular complexity index is 168. The van der Waals surface area contributed by atoms with E-state index in [1.807, 2.05) is 0 Å². The second-order valence-corrected chi connectivity index (χ2v) is 2.73. The lowest BCUT2D eigenvalue weighted by molar-refractivity contribution is 1.05. The molecular formula is C14H34I2. The second-order valence-electron chi connectivity index (χ2n) is 2.73. The Balaban J connectivity index is -0.0000000393. The van der Waals surface area contributed by atoms with E-state index in [2.05, 4.69) is 77.9 Å². The fourth-order valence-electron chi connectivity index (χ4n) is 0.818. The molecule has 0 saturated carbocycles. The Labute approximate surface area is 130 Å². The lowest BCUT2D eigenvalue weighted by atomic mass is 10.0. The third-order valence-corrected chi connectivity index (χ3v) is 2.20. The van der Waals surface area contributed by atoms with E-state index in [0.717, 1.165) is 6.42 Å². The molecule has 0 aliphatic rings. The van der Waals surface area contributed by atoms with Crippen molar-refractivity contribution in [3.8, 4) is 0 Å². The summed E-state index contributed by atoms with van der Waals surface area (Å²) in [5.41, 5.74) is 4.35. The zero-order valence-corrected chi connectivity index (χ0v) is 12.9. The van der Waals surface area contributed by atoms with Crippen molar-refractivity contribution in [1.29, 1.82) is 0 Å². The largest absolute Gasteiger partial charge is 0.0845 e. The average molecular weight is 456 g/mol. The molecular weight excluding hydrogens is 422 g/mol. The van der Waals surface area contributed by atoms with Crippen molar-refractivity contribution in [3.63, 3.8) is 0 Å². The molecule has 0 fully saturated rings. The maximum atomic E-state index is 2.20. The van der Waals surface area contributed by atoms with E-state index >= 15 is 0 Å². The Morgan fingerprint density at radius 3 is 1.44 bits per heavy atom. The summed E-state index contributed by atoms with van der Waals surface area (Å²) < 4.78 is 0. The monoisotopic (exact) mass is 456 g/mol. The van der Waals surface area contributed by atoms with Crippen molar-refractivity contribution in [1.82, 2.24) is 0 Å². The molecule has 0 radical (unpaired) electrons. The van der Waals surface area contributed by atoms with Gasteiger partial charge in [-0.3, -0.25) is 0 Å². The highest BCUT2D eigenvalue weighted by Crippen LogP contribution is 2.15. The van der Waals surface area contributed by atoms with E-state index in [-0.39, 0.29) is 29.7 Å². The van der Waals surface area contributed by atoms with Crippen LogP contribution >= 0.6 is 37.2 Å². The van der Waals surface area contributed by atoms with Crippen LogP contribution in [-0.4, -0.2) is 0 Å². The molecule has 0 heterocycles. The molecule has 0 unspecified atom stereocenters. The quantitative estimate of drug-likeness (QED) is 0.292. The van der Waals surface area contributed by atoms with Gasteiger partial charge < -0.3 is 0 Å². The Morgan fingerprint density at radius 2 is 1.25 bits per heavy atom. The molecule has 0 rings (SSSR count). The van der Waals surface area contributed by atoms with Crippen LogP contribution in [-0.2, 0) is 0 Å². The van der Waals surface area contributed by atoms with Crippen molar-refractivity contribution in [2.75, 3.05) is 0 Å². The van der Waals surface area contributed by atoms with E-state index in [4.69, 9.17) is 0 Å². The Kier molecular flexibility index (Phi) is 56.1. The average Bonchev–Trinajstić information content (AvgIpc) is 2.17. The van der Waals surface area contributed by atoms with Gasteiger partial charge in [0.2, 0.25) is 0 Å². The van der Waals surface area contributed by atoms with Crippen LogP contribution in [0.5, 0.6) is 0 Å². The minimum atomic E-state index is 0. The lowest BCUT2D eigenvalue weighted by Crippen LogP contribution is -1.84. The molecule has 0 nitrogen and oxygen atoms in total. The van der Waals surface area contributed by atoms with Gasteiger partial charge in [-0.2, -0.15) is 0 Å². The summed E-state index contributed by atoms with van der Waals surface area (Å²) in [6.07, 6.45) is 3.32. The van der Waals surface area contributed by atoms with Crippen molar-refractivity contribution in [2.24, 2.45) is 0 Å². The first-order valence-corrected chi connectivity index (χ1v) is 10.4. The van der Waals surface area contributed by atoms with Crippen molar-refractivity contribution in [2.45, 2.75) is 70.7 Å². The first-order chi connectivity index (χ1) is 5.63. The predicted molar refractivity (Wildman–Crippen MR) is 103 cm³/mol. The molecule has 0 atom stereocenters. The van der Waals surface area contributed by atoms with Gasteiger partial charge in [-0.15, -0.1) is 0 Å². The van der Waals surface area contributed by atoms with Gasteiger partial charge in [0.25, 0.3) is 0 Å². The van der Waals surface area contributed by atoms with E-state index in [0.29, 0.717) is 0 Å². The number of hydrogen-bond donors (Lipinski definition) is 0. The SMILES string of the molecule is C.C.C.C.CC=C(C)/C(C)=C(/C)CC.II. The number of allylic oxidation sites excluding steroid dienone is 4. The van der Waals surface area contributed by atoms with Gasteiger partial charge >= 0.3 is 0 Å². The first kappa shape index (κ1) is 36.0. The standard InChI is InChI=1S/C10H18.4CH4.I2/c1-6-8(3)10(5)9(4)7-2;;;;;1-2/h6H,7H2,1-5H3;4*1H4;/b8-6?,10-9-;;;;;. The molecule has 0 saturated heterocycles. The summed E-state index contributed by atoms with van der Waals surface area (Å²) in [4.78, 5) is 0. The van der Waals surface area contributed by atoms with Crippen LogP contribution in [0.15, 0.2) is 22.8 Å². The van der Waals surface area contributed by atoms with Crippen LogP contribution in [0.3, 0.4) is 0 Å². The van der Waals surface area contributed by atoms with Crippen LogP contribution in [0, 0.1) is 0 Å². The molecule has 0 aromatic carbocycles. The first-order valence-electron chi connectivity index (χ1n) is 4.07. The van der Waals surface area contributed by atoms with Gasteiger partial charge in [-0.25, -0.2) is 0 Å². The molecule has 0 aromatic rings. The Morgan fingerprint density at radius 1 is 0.938 bits per heavy atom. The third kappa shape index (κ3) is 17.3. The molecule has 0 aliphatic carbocycles. The second kappa shape index (κ2) is 25.0. The molecule has 0 N–H and O–H groups in total. The molecule has 104 valence electrons. The highest BCUT2D eigenvalue weighted by atomic mass is 128. The normalized spacial score (nSPS) is 9.81. The minimum Gasteiger partial charge on any atom is -0.0845 e. The number of halogens is 2. The fraction of sp³-hybridized carbons (Fsp3) is 0.714. The van der Waals surface area contributed by atoms with Crippen LogP contribution < -0.4 is 0 Å². The number of hydrogen-bond acceptors (Lipinski definition) is 0. The maximum Gasteiger partial charge on any atom is 0 e. The fourth-order valence-corrected chi connectivity index (χ4v) is 0.818. The zero-order chi connectivity index (χ0) is 10.1. The number of rotatable bonds is 2. The van der Waals surface area contributed by atoms with Gasteiger partial charge in [0.1, 0.15) is 0 Å². The Hall–Kier alpha value is 0.940. The van der Waals surface area contributed by atoms with Gasteiger partial charge in [0, 0.05) is 37.2 Å². The summed E-state index contributed by atoms with van der Waals surface area (Å²) in [7, 11) is 0. The predicted octanol–water partition coefficient (Wildman–Crippen LogP) is 8.01. The van der Waals surface area contributed by atoms with Crippen LogP contribution in [0.4, 0.5) is 0 Å². The van der Waals surface area contributed by atoms with Crippen LogP contribution in [0.1, 0.15) is 70.7 Å². The summed E-state index contributed by atoms with van der Waals surface area (Å²) in [5.74, 6) is 0. The molecule has 0 bridgehead atoms. The zero-order valence-electron chi connectivity index (χ0n) is 8.54. The van der Waals surface area contributed by atoms with Gasteiger partial charge in [-0.05, 0) is 39.7 Å². The molecule has 0 aliphatic heterocycles. The minimum absolute atomic E-state index is 0. The molecule has 16 heavy (non-hydrogen) atoms. The summed E-state index contributed by atoms with van der Waals surface area (Å²) >= 11 is 4.24. The highest BCUT2D eigenvalue weighted by Gasteiger charge is 1.94. The summed E-state index contributed by atoms with van der Waals surface area (Å²) in [6, 6.07) is 0. The van der Waals surface area contributed by atoms with E-state index in [1.54, 1.807) is 0 Å². The van der Waals surface area contributed by atoms with Gasteiger partial charge in [0.15, 0.2) is 0 Å². The van der Waals surface area contributed by atoms with Gasteiger partial charge in [0.05, 0.1) is 0 Å². The van der Waals surface area contributed by atoms with E-state index in [1.165, 1.54) is 16.7 Å². The van der Waals surface area contributed by atoms with E-state index in [9.17, 15) is 0 Å². The topological polar surface area (TPSA) is 0 Å². The van der Waals surface area contributed by atoms with Crippen molar-refractivity contribution < 1.29 is 0 Å². The van der Waals surface area contributed by atoms with E-state index < -0.39 is 0 Å². The molecule has 0 amide bonds. The van der Waals surface area contributed by atoms with Gasteiger partial charge in [-0.1, -0.05) is 53.9 Å². The maximum absolute atomic E-state index is 2.20. The molecule has 0 aromatic heterocycles. The lowest BCUT2D eigenvalue weighted by Gasteiger charge is -2.04. The summed E-state index contributed by atoms with van der Waals surface area (Å²) in [6.45, 7) is 10.8. The molecule has 2 heteroatoms. The van der Waals surface area contributed by atoms with Crippen molar-refractivity contribution in [3.05, 3.63) is 22.8 Å². The highest BCUT2D eigenvalue weighted by molar-refractivity contribution is 15.0. The molecule has 0 spiro atoms. The third-order valence-electron chi connectivity index (χ3n) is 2.20. The summed E-state index contributed by atoms with van der Waals surface area (Å²) in [5, 5.41) is 0. The van der Waals surface area contributed by atoms with Crippen molar-refractivity contribution >= 4 is 37.2 Å².